The first kappa shape index (κ1) is 13.6. The summed E-state index contributed by atoms with van der Waals surface area (Å²) in [6.07, 6.45) is 0.752. The van der Waals surface area contributed by atoms with Gasteiger partial charge in [0, 0.05) is 0 Å². The molecule has 0 amide bonds. The minimum Gasteiger partial charge on any atom is -0.496 e. The van der Waals surface area contributed by atoms with Gasteiger partial charge in [0.1, 0.15) is 5.75 Å². The number of fused-ring (bicyclic) bond motifs is 1. The summed E-state index contributed by atoms with van der Waals surface area (Å²) in [6.45, 7) is 6.24. The smallest absolute Gasteiger partial charge is 0.346 e. The second kappa shape index (κ2) is 4.68. The van der Waals surface area contributed by atoms with Crippen molar-refractivity contribution in [2.75, 3.05) is 7.11 Å². The van der Waals surface area contributed by atoms with Crippen molar-refractivity contribution < 1.29 is 19.1 Å². The second-order valence-electron chi connectivity index (χ2n) is 5.72. The second-order valence-corrected chi connectivity index (χ2v) is 5.72. The average molecular weight is 262 g/mol. The zero-order valence-corrected chi connectivity index (χ0v) is 11.7. The van der Waals surface area contributed by atoms with E-state index in [9.17, 15) is 9.59 Å². The molecule has 1 aromatic rings. The number of methoxy groups -OCH3 is 1. The Kier molecular flexibility index (Phi) is 3.35. The summed E-state index contributed by atoms with van der Waals surface area (Å²) in [5, 5.41) is 0. The minimum atomic E-state index is -0.587. The van der Waals surface area contributed by atoms with Crippen LogP contribution >= 0.6 is 0 Å². The van der Waals surface area contributed by atoms with Crippen molar-refractivity contribution in [3.05, 3.63) is 28.8 Å². The molecular weight excluding hydrogens is 244 g/mol. The summed E-state index contributed by atoms with van der Waals surface area (Å²) >= 11 is 0. The molecule has 1 aromatic carbocycles. The number of cyclic esters (lactones) is 2. The molecule has 102 valence electrons. The van der Waals surface area contributed by atoms with Crippen molar-refractivity contribution in [1.29, 1.82) is 0 Å². The molecule has 0 N–H and O–H groups in total. The summed E-state index contributed by atoms with van der Waals surface area (Å²) in [4.78, 5) is 23.2. The van der Waals surface area contributed by atoms with Crippen LogP contribution in [0.15, 0.2) is 12.1 Å². The van der Waals surface area contributed by atoms with E-state index in [-0.39, 0.29) is 11.8 Å². The Morgan fingerprint density at radius 1 is 1.16 bits per heavy atom. The van der Waals surface area contributed by atoms with Gasteiger partial charge in [-0.05, 0) is 29.0 Å². The normalized spacial score (nSPS) is 15.6. The van der Waals surface area contributed by atoms with Crippen LogP contribution in [-0.4, -0.2) is 19.0 Å². The van der Waals surface area contributed by atoms with Gasteiger partial charge in [0.2, 0.25) is 0 Å². The molecule has 2 rings (SSSR count). The van der Waals surface area contributed by atoms with Crippen molar-refractivity contribution in [1.82, 2.24) is 0 Å². The van der Waals surface area contributed by atoms with Gasteiger partial charge in [-0.2, -0.15) is 0 Å². The largest absolute Gasteiger partial charge is 0.496 e. The topological polar surface area (TPSA) is 52.6 Å². The van der Waals surface area contributed by atoms with E-state index in [4.69, 9.17) is 9.47 Å². The van der Waals surface area contributed by atoms with Gasteiger partial charge in [-0.1, -0.05) is 26.8 Å². The maximum atomic E-state index is 11.8. The van der Waals surface area contributed by atoms with E-state index in [0.29, 0.717) is 17.7 Å². The summed E-state index contributed by atoms with van der Waals surface area (Å²) in [7, 11) is 1.57. The van der Waals surface area contributed by atoms with Crippen molar-refractivity contribution in [2.45, 2.75) is 39.0 Å². The average Bonchev–Trinajstić information content (AvgIpc) is 2.46. The molecule has 0 aliphatic carbocycles. The van der Waals surface area contributed by atoms with Gasteiger partial charge in [-0.15, -0.1) is 0 Å². The van der Waals surface area contributed by atoms with Gasteiger partial charge in [0.25, 0.3) is 0 Å². The standard InChI is InChI=1S/C15H18O4/c1-15(2,3)11-7-9-5-6-13(16)19-14(17)10(9)8-12(11)18-4/h7-8H,5-6H2,1-4H3. The Balaban J connectivity index is 2.60. The molecule has 1 aliphatic heterocycles. The van der Waals surface area contributed by atoms with Gasteiger partial charge in [0.15, 0.2) is 0 Å². The third kappa shape index (κ3) is 2.62. The molecule has 0 spiro atoms. The molecule has 0 saturated carbocycles. The fraction of sp³-hybridized carbons (Fsp3) is 0.467. The Hall–Kier alpha value is -1.84. The highest BCUT2D eigenvalue weighted by Crippen LogP contribution is 2.35. The Morgan fingerprint density at radius 3 is 2.42 bits per heavy atom. The summed E-state index contributed by atoms with van der Waals surface area (Å²) in [5.74, 6) is -0.411. The number of carbonyl (C=O) groups is 2. The van der Waals surface area contributed by atoms with Crippen LogP contribution in [0, 0.1) is 0 Å². The van der Waals surface area contributed by atoms with Crippen molar-refractivity contribution in [2.24, 2.45) is 0 Å². The number of esters is 2. The van der Waals surface area contributed by atoms with Gasteiger partial charge in [0.05, 0.1) is 19.1 Å². The zero-order valence-electron chi connectivity index (χ0n) is 11.7. The summed E-state index contributed by atoms with van der Waals surface area (Å²) in [5.41, 5.74) is 2.20. The zero-order chi connectivity index (χ0) is 14.2. The van der Waals surface area contributed by atoms with E-state index in [1.807, 2.05) is 6.07 Å². The van der Waals surface area contributed by atoms with Gasteiger partial charge >= 0.3 is 11.9 Å². The van der Waals surface area contributed by atoms with Crippen molar-refractivity contribution in [3.63, 3.8) is 0 Å². The van der Waals surface area contributed by atoms with E-state index in [1.54, 1.807) is 13.2 Å². The summed E-state index contributed by atoms with van der Waals surface area (Å²) < 4.78 is 10.1. The number of aryl methyl sites for hydroxylation is 1. The lowest BCUT2D eigenvalue weighted by molar-refractivity contribution is -0.137. The quantitative estimate of drug-likeness (QED) is 0.576. The summed E-state index contributed by atoms with van der Waals surface area (Å²) in [6, 6.07) is 3.63. The molecule has 0 atom stereocenters. The van der Waals surface area contributed by atoms with Crippen molar-refractivity contribution in [3.8, 4) is 5.75 Å². The Labute approximate surface area is 112 Å². The molecule has 1 heterocycles. The molecule has 0 fully saturated rings. The van der Waals surface area contributed by atoms with Crippen LogP contribution in [0.4, 0.5) is 0 Å². The van der Waals surface area contributed by atoms with Gasteiger partial charge in [-0.3, -0.25) is 4.79 Å². The highest BCUT2D eigenvalue weighted by Gasteiger charge is 2.27. The predicted octanol–water partition coefficient (Wildman–Crippen LogP) is 2.62. The maximum Gasteiger partial charge on any atom is 0.346 e. The molecule has 0 saturated heterocycles. The predicted molar refractivity (Wildman–Crippen MR) is 70.4 cm³/mol. The lowest BCUT2D eigenvalue weighted by atomic mass is 9.83. The van der Waals surface area contributed by atoms with Crippen LogP contribution in [-0.2, 0) is 21.4 Å². The molecule has 0 radical (unpaired) electrons. The fourth-order valence-corrected chi connectivity index (χ4v) is 2.22. The SMILES string of the molecule is COc1cc2c(cc1C(C)(C)C)CCC(=O)OC2=O. The highest BCUT2D eigenvalue weighted by atomic mass is 16.6. The van der Waals surface area contributed by atoms with Crippen LogP contribution < -0.4 is 4.74 Å². The first-order chi connectivity index (χ1) is 8.82. The van der Waals surface area contributed by atoms with E-state index in [2.05, 4.69) is 20.8 Å². The number of ether oxygens (including phenoxy) is 2. The van der Waals surface area contributed by atoms with Crippen LogP contribution in [0.25, 0.3) is 0 Å². The Bertz CT molecular complexity index is 538. The van der Waals surface area contributed by atoms with Crippen molar-refractivity contribution >= 4 is 11.9 Å². The molecule has 1 aliphatic rings. The number of carbonyl (C=O) groups excluding carboxylic acids is 2. The first-order valence-electron chi connectivity index (χ1n) is 6.29. The van der Waals surface area contributed by atoms with E-state index in [1.165, 1.54) is 0 Å². The van der Waals surface area contributed by atoms with Crippen LogP contribution in [0.3, 0.4) is 0 Å². The molecule has 0 unspecified atom stereocenters. The number of hydrogen-bond acceptors (Lipinski definition) is 4. The number of rotatable bonds is 1. The molecule has 4 nitrogen and oxygen atoms in total. The molecular formula is C15H18O4. The monoisotopic (exact) mass is 262 g/mol. The Morgan fingerprint density at radius 2 is 1.84 bits per heavy atom. The lowest BCUT2D eigenvalue weighted by Gasteiger charge is -2.23. The fourth-order valence-electron chi connectivity index (χ4n) is 2.22. The van der Waals surface area contributed by atoms with Crippen LogP contribution in [0.5, 0.6) is 5.75 Å². The number of benzene rings is 1. The molecule has 0 bridgehead atoms. The lowest BCUT2D eigenvalue weighted by Crippen LogP contribution is -2.15. The van der Waals surface area contributed by atoms with Gasteiger partial charge in [-0.25, -0.2) is 4.79 Å². The first-order valence-corrected chi connectivity index (χ1v) is 6.29. The third-order valence-corrected chi connectivity index (χ3v) is 3.26. The molecule has 19 heavy (non-hydrogen) atoms. The van der Waals surface area contributed by atoms with Crippen LogP contribution in [0.2, 0.25) is 0 Å². The molecule has 4 heteroatoms. The highest BCUT2D eigenvalue weighted by molar-refractivity contribution is 5.99. The number of hydrogen-bond donors (Lipinski definition) is 0. The minimum absolute atomic E-state index is 0.0966. The van der Waals surface area contributed by atoms with Crippen LogP contribution in [0.1, 0.15) is 48.7 Å². The van der Waals surface area contributed by atoms with E-state index >= 15 is 0 Å². The third-order valence-electron chi connectivity index (χ3n) is 3.26. The van der Waals surface area contributed by atoms with E-state index in [0.717, 1.165) is 11.1 Å². The van der Waals surface area contributed by atoms with Gasteiger partial charge < -0.3 is 9.47 Å². The maximum absolute atomic E-state index is 11.8. The van der Waals surface area contributed by atoms with E-state index < -0.39 is 11.9 Å². The molecule has 0 aromatic heterocycles.